The monoisotopic (exact) mass is 283 g/mol. The van der Waals surface area contributed by atoms with Gasteiger partial charge in [-0.2, -0.15) is 22.0 Å². The molecule has 108 valence electrons. The molecular formula is C12H14F5NO. The molecule has 1 rings (SSSR count). The minimum atomic E-state index is -5.59. The van der Waals surface area contributed by atoms with Crippen LogP contribution in [-0.4, -0.2) is 18.7 Å². The summed E-state index contributed by atoms with van der Waals surface area (Å²) in [6.45, 7) is 0.0464. The number of alkyl halides is 5. The smallest absolute Gasteiger partial charge is 0.370 e. The number of nitrogens with two attached hydrogens (primary N) is 1. The van der Waals surface area contributed by atoms with Crippen LogP contribution in [-0.2, 0) is 17.9 Å². The van der Waals surface area contributed by atoms with E-state index in [1.807, 2.05) is 0 Å². The quantitative estimate of drug-likeness (QED) is 0.842. The lowest BCUT2D eigenvalue weighted by atomic mass is 10.1. The van der Waals surface area contributed by atoms with E-state index in [0.717, 1.165) is 11.1 Å². The average molecular weight is 283 g/mol. The predicted molar refractivity (Wildman–Crippen MR) is 59.7 cm³/mol. The number of rotatable bonds is 5. The summed E-state index contributed by atoms with van der Waals surface area (Å²) in [6.07, 6.45) is -5.59. The second kappa shape index (κ2) is 5.83. The van der Waals surface area contributed by atoms with Crippen molar-refractivity contribution in [3.05, 3.63) is 34.9 Å². The molecule has 0 unspecified atom stereocenters. The molecule has 0 amide bonds. The minimum Gasteiger partial charge on any atom is -0.370 e. The summed E-state index contributed by atoms with van der Waals surface area (Å²) < 4.78 is 65.3. The third kappa shape index (κ3) is 4.14. The van der Waals surface area contributed by atoms with Gasteiger partial charge in [-0.15, -0.1) is 0 Å². The summed E-state index contributed by atoms with van der Waals surface area (Å²) in [5.41, 5.74) is 7.55. The van der Waals surface area contributed by atoms with Crippen molar-refractivity contribution in [2.24, 2.45) is 5.73 Å². The second-order valence-corrected chi connectivity index (χ2v) is 4.16. The van der Waals surface area contributed by atoms with Gasteiger partial charge in [0.1, 0.15) is 6.61 Å². The van der Waals surface area contributed by atoms with E-state index in [2.05, 4.69) is 4.74 Å². The Hall–Kier alpha value is -1.21. The Labute approximate surface area is 107 Å². The van der Waals surface area contributed by atoms with E-state index in [-0.39, 0.29) is 6.61 Å². The zero-order valence-electron chi connectivity index (χ0n) is 10.2. The van der Waals surface area contributed by atoms with Crippen LogP contribution < -0.4 is 5.73 Å². The van der Waals surface area contributed by atoms with Crippen LogP contribution in [0, 0.1) is 6.92 Å². The zero-order chi connectivity index (χ0) is 14.7. The molecule has 2 N–H and O–H groups in total. The summed E-state index contributed by atoms with van der Waals surface area (Å²) in [5.74, 6) is -4.84. The van der Waals surface area contributed by atoms with E-state index in [9.17, 15) is 22.0 Å². The Kier molecular flexibility index (Phi) is 4.86. The number of hydrogen-bond acceptors (Lipinski definition) is 2. The Morgan fingerprint density at radius 2 is 1.79 bits per heavy atom. The van der Waals surface area contributed by atoms with Crippen molar-refractivity contribution in [1.29, 1.82) is 0 Å². The van der Waals surface area contributed by atoms with E-state index < -0.39 is 18.7 Å². The van der Waals surface area contributed by atoms with Crippen LogP contribution in [0.25, 0.3) is 0 Å². The third-order valence-corrected chi connectivity index (χ3v) is 2.60. The highest BCUT2D eigenvalue weighted by Crippen LogP contribution is 2.35. The van der Waals surface area contributed by atoms with Crippen LogP contribution in [0.5, 0.6) is 0 Å². The Morgan fingerprint density at radius 1 is 1.16 bits per heavy atom. The summed E-state index contributed by atoms with van der Waals surface area (Å²) in [5, 5.41) is 0. The molecule has 0 radical (unpaired) electrons. The topological polar surface area (TPSA) is 35.2 Å². The van der Waals surface area contributed by atoms with Crippen molar-refractivity contribution < 1.29 is 26.7 Å². The van der Waals surface area contributed by atoms with Crippen LogP contribution in [0.4, 0.5) is 22.0 Å². The van der Waals surface area contributed by atoms with Crippen molar-refractivity contribution >= 4 is 0 Å². The Morgan fingerprint density at radius 3 is 2.26 bits per heavy atom. The van der Waals surface area contributed by atoms with E-state index in [0.29, 0.717) is 12.1 Å². The molecule has 2 nitrogen and oxygen atoms in total. The number of hydrogen-bond donors (Lipinski definition) is 1. The zero-order valence-corrected chi connectivity index (χ0v) is 10.2. The van der Waals surface area contributed by atoms with Gasteiger partial charge in [0.2, 0.25) is 0 Å². The summed E-state index contributed by atoms with van der Waals surface area (Å²) in [4.78, 5) is 0. The third-order valence-electron chi connectivity index (χ3n) is 2.60. The lowest BCUT2D eigenvalue weighted by Gasteiger charge is -2.19. The second-order valence-electron chi connectivity index (χ2n) is 4.16. The first-order valence-electron chi connectivity index (χ1n) is 5.48. The molecule has 0 spiro atoms. The fourth-order valence-electron chi connectivity index (χ4n) is 1.42. The van der Waals surface area contributed by atoms with Gasteiger partial charge in [-0.3, -0.25) is 0 Å². The maximum atomic E-state index is 12.6. The standard InChI is InChI=1S/C12H14F5NO/c1-8-4-9(5-18)2-3-10(8)6-19-7-11(13,14)12(15,16)17/h2-4H,5-7,18H2,1H3. The van der Waals surface area contributed by atoms with Gasteiger partial charge in [0.25, 0.3) is 0 Å². The maximum Gasteiger partial charge on any atom is 0.455 e. The van der Waals surface area contributed by atoms with Gasteiger partial charge in [0.05, 0.1) is 6.61 Å². The number of benzene rings is 1. The van der Waals surface area contributed by atoms with Crippen LogP contribution in [0.1, 0.15) is 16.7 Å². The van der Waals surface area contributed by atoms with Gasteiger partial charge < -0.3 is 10.5 Å². The Balaban J connectivity index is 2.59. The van der Waals surface area contributed by atoms with Crippen molar-refractivity contribution in [3.63, 3.8) is 0 Å². The summed E-state index contributed by atoms with van der Waals surface area (Å²) >= 11 is 0. The first-order valence-corrected chi connectivity index (χ1v) is 5.48. The molecular weight excluding hydrogens is 269 g/mol. The van der Waals surface area contributed by atoms with Gasteiger partial charge in [-0.1, -0.05) is 18.2 Å². The van der Waals surface area contributed by atoms with Crippen LogP contribution in [0.15, 0.2) is 18.2 Å². The SMILES string of the molecule is Cc1cc(CN)ccc1COCC(F)(F)C(F)(F)F. The van der Waals surface area contributed by atoms with E-state index >= 15 is 0 Å². The van der Waals surface area contributed by atoms with Crippen molar-refractivity contribution in [1.82, 2.24) is 0 Å². The minimum absolute atomic E-state index is 0.303. The highest BCUT2D eigenvalue weighted by atomic mass is 19.4. The van der Waals surface area contributed by atoms with Crippen molar-refractivity contribution in [3.8, 4) is 0 Å². The van der Waals surface area contributed by atoms with Gasteiger partial charge >= 0.3 is 12.1 Å². The number of aryl methyl sites for hydroxylation is 1. The normalized spacial score (nSPS) is 12.8. The van der Waals surface area contributed by atoms with Gasteiger partial charge in [-0.05, 0) is 23.6 Å². The first-order chi connectivity index (χ1) is 8.67. The van der Waals surface area contributed by atoms with Gasteiger partial charge in [-0.25, -0.2) is 0 Å². The highest BCUT2D eigenvalue weighted by Gasteiger charge is 2.57. The molecule has 0 heterocycles. The molecule has 0 saturated heterocycles. The lowest BCUT2D eigenvalue weighted by Crippen LogP contribution is -2.40. The first kappa shape index (κ1) is 15.8. The van der Waals surface area contributed by atoms with E-state index in [1.54, 1.807) is 25.1 Å². The molecule has 0 aliphatic heterocycles. The van der Waals surface area contributed by atoms with E-state index in [1.165, 1.54) is 0 Å². The van der Waals surface area contributed by atoms with Crippen LogP contribution in [0.3, 0.4) is 0 Å². The summed E-state index contributed by atoms with van der Waals surface area (Å²) in [7, 11) is 0. The molecule has 19 heavy (non-hydrogen) atoms. The fourth-order valence-corrected chi connectivity index (χ4v) is 1.42. The van der Waals surface area contributed by atoms with E-state index in [4.69, 9.17) is 5.73 Å². The molecule has 0 saturated carbocycles. The molecule has 0 atom stereocenters. The van der Waals surface area contributed by atoms with Crippen molar-refractivity contribution in [2.45, 2.75) is 32.2 Å². The molecule has 0 fully saturated rings. The van der Waals surface area contributed by atoms with Gasteiger partial charge in [0, 0.05) is 6.54 Å². The fraction of sp³-hybridized carbons (Fsp3) is 0.500. The molecule has 7 heteroatoms. The highest BCUT2D eigenvalue weighted by molar-refractivity contribution is 5.30. The molecule has 1 aromatic rings. The predicted octanol–water partition coefficient (Wildman–Crippen LogP) is 3.17. The Bertz CT molecular complexity index is 431. The molecule has 0 aliphatic rings. The largest absolute Gasteiger partial charge is 0.455 e. The average Bonchev–Trinajstić information content (AvgIpc) is 2.29. The number of ether oxygens (including phenoxy) is 1. The van der Waals surface area contributed by atoms with Crippen LogP contribution in [0.2, 0.25) is 0 Å². The molecule has 1 aromatic carbocycles. The number of halogens is 5. The molecule has 0 aromatic heterocycles. The molecule has 0 aliphatic carbocycles. The van der Waals surface area contributed by atoms with Gasteiger partial charge in [0.15, 0.2) is 0 Å². The maximum absolute atomic E-state index is 12.6. The van der Waals surface area contributed by atoms with Crippen LogP contribution >= 0.6 is 0 Å². The van der Waals surface area contributed by atoms with Crippen molar-refractivity contribution in [2.75, 3.05) is 6.61 Å². The molecule has 0 bridgehead atoms. The lowest BCUT2D eigenvalue weighted by molar-refractivity contribution is -0.297. The summed E-state index contributed by atoms with van der Waals surface area (Å²) in [6, 6.07) is 5.01.